The van der Waals surface area contributed by atoms with Crippen LogP contribution in [0.15, 0.2) is 47.5 Å². The van der Waals surface area contributed by atoms with Gasteiger partial charge in [0.2, 0.25) is 0 Å². The number of guanidine groups is 1. The maximum atomic E-state index is 4.40. The zero-order valence-electron chi connectivity index (χ0n) is 16.3. The predicted molar refractivity (Wildman–Crippen MR) is 127 cm³/mol. The van der Waals surface area contributed by atoms with Crippen LogP contribution in [0.5, 0.6) is 0 Å². The first kappa shape index (κ1) is 22.2. The van der Waals surface area contributed by atoms with Gasteiger partial charge in [0, 0.05) is 42.5 Å². The molecule has 0 amide bonds. The van der Waals surface area contributed by atoms with Gasteiger partial charge in [0.15, 0.2) is 5.96 Å². The second kappa shape index (κ2) is 11.7. The van der Waals surface area contributed by atoms with Crippen LogP contribution in [0.1, 0.15) is 35.1 Å². The lowest BCUT2D eigenvalue weighted by Crippen LogP contribution is -2.48. The van der Waals surface area contributed by atoms with E-state index in [1.54, 1.807) is 0 Å². The fraction of sp³-hybridized carbons (Fsp3) is 0.476. The molecule has 4 nitrogen and oxygen atoms in total. The van der Waals surface area contributed by atoms with Crippen LogP contribution in [0.3, 0.4) is 0 Å². The Morgan fingerprint density at radius 1 is 1.11 bits per heavy atom. The number of benzene rings is 1. The van der Waals surface area contributed by atoms with Crippen LogP contribution in [0.25, 0.3) is 0 Å². The molecule has 0 unspecified atom stereocenters. The molecule has 0 saturated carbocycles. The lowest BCUT2D eigenvalue weighted by atomic mass is 10.0. The summed E-state index contributed by atoms with van der Waals surface area (Å²) in [6.07, 6.45) is 3.43. The fourth-order valence-electron chi connectivity index (χ4n) is 3.34. The van der Waals surface area contributed by atoms with Gasteiger partial charge in [0.05, 0.1) is 6.54 Å². The molecule has 0 spiro atoms. The molecule has 2 heterocycles. The maximum absolute atomic E-state index is 4.40. The van der Waals surface area contributed by atoms with Crippen LogP contribution in [0.4, 0.5) is 0 Å². The SMILES string of the molecule is CCc1ccc(CNC(=NC)NC2CCN(Cc3ccccc3)CC2)s1.I. The Bertz CT molecular complexity index is 693. The number of nitrogens with zero attached hydrogens (tertiary/aromatic N) is 2. The Kier molecular flexibility index (Phi) is 9.58. The molecule has 1 aromatic heterocycles. The Labute approximate surface area is 184 Å². The van der Waals surface area contributed by atoms with Gasteiger partial charge in [0.25, 0.3) is 0 Å². The highest BCUT2D eigenvalue weighted by atomic mass is 127. The topological polar surface area (TPSA) is 39.7 Å². The van der Waals surface area contributed by atoms with Crippen molar-refractivity contribution >= 4 is 41.3 Å². The Hall–Kier alpha value is -1.12. The molecule has 0 bridgehead atoms. The predicted octanol–water partition coefficient (Wildman–Crippen LogP) is 4.26. The van der Waals surface area contributed by atoms with Crippen LogP contribution in [0, 0.1) is 0 Å². The molecule has 0 radical (unpaired) electrons. The van der Waals surface area contributed by atoms with E-state index in [1.807, 2.05) is 18.4 Å². The van der Waals surface area contributed by atoms with E-state index in [9.17, 15) is 0 Å². The van der Waals surface area contributed by atoms with E-state index >= 15 is 0 Å². The number of piperidine rings is 1. The Morgan fingerprint density at radius 3 is 2.44 bits per heavy atom. The van der Waals surface area contributed by atoms with E-state index in [1.165, 1.54) is 15.3 Å². The van der Waals surface area contributed by atoms with Crippen molar-refractivity contribution in [3.05, 3.63) is 57.8 Å². The number of hydrogen-bond donors (Lipinski definition) is 2. The maximum Gasteiger partial charge on any atom is 0.191 e. The summed E-state index contributed by atoms with van der Waals surface area (Å²) in [4.78, 5) is 9.74. The van der Waals surface area contributed by atoms with Gasteiger partial charge in [-0.15, -0.1) is 35.3 Å². The second-order valence-electron chi connectivity index (χ2n) is 6.83. The quantitative estimate of drug-likeness (QED) is 0.355. The van der Waals surface area contributed by atoms with Crippen molar-refractivity contribution < 1.29 is 0 Å². The smallest absolute Gasteiger partial charge is 0.191 e. The zero-order valence-corrected chi connectivity index (χ0v) is 19.4. The van der Waals surface area contributed by atoms with E-state index in [2.05, 4.69) is 69.9 Å². The van der Waals surface area contributed by atoms with Crippen LogP contribution in [0.2, 0.25) is 0 Å². The van der Waals surface area contributed by atoms with Gasteiger partial charge in [0.1, 0.15) is 0 Å². The molecule has 2 N–H and O–H groups in total. The Balaban J connectivity index is 0.00000261. The molecular formula is C21H31IN4S. The van der Waals surface area contributed by atoms with Gasteiger partial charge >= 0.3 is 0 Å². The molecule has 0 aliphatic carbocycles. The molecule has 3 rings (SSSR count). The standard InChI is InChI=1S/C21H30N4S.HI/c1-3-19-9-10-20(26-19)15-23-21(22-2)24-18-11-13-25(14-12-18)16-17-7-5-4-6-8-17;/h4-10,18H,3,11-16H2,1-2H3,(H2,22,23,24);1H. The summed E-state index contributed by atoms with van der Waals surface area (Å²) in [6, 6.07) is 15.7. The minimum absolute atomic E-state index is 0. The third-order valence-electron chi connectivity index (χ3n) is 4.90. The summed E-state index contributed by atoms with van der Waals surface area (Å²) in [5.41, 5.74) is 1.40. The third-order valence-corrected chi connectivity index (χ3v) is 6.13. The lowest BCUT2D eigenvalue weighted by molar-refractivity contribution is 0.198. The number of thiophene rings is 1. The molecule has 2 aromatic rings. The van der Waals surface area contributed by atoms with Crippen LogP contribution in [-0.4, -0.2) is 37.0 Å². The summed E-state index contributed by atoms with van der Waals surface area (Å²) >= 11 is 1.88. The first-order chi connectivity index (χ1) is 12.8. The minimum atomic E-state index is 0. The van der Waals surface area contributed by atoms with E-state index < -0.39 is 0 Å². The number of aliphatic imine (C=N–C) groups is 1. The summed E-state index contributed by atoms with van der Waals surface area (Å²) < 4.78 is 0. The van der Waals surface area contributed by atoms with Gasteiger partial charge in [-0.25, -0.2) is 0 Å². The molecule has 1 saturated heterocycles. The largest absolute Gasteiger partial charge is 0.354 e. The van der Waals surface area contributed by atoms with Gasteiger partial charge in [-0.1, -0.05) is 37.3 Å². The number of aryl methyl sites for hydroxylation is 1. The third kappa shape index (κ3) is 7.08. The van der Waals surface area contributed by atoms with Crippen molar-refractivity contribution in [2.45, 2.75) is 45.3 Å². The number of nitrogens with one attached hydrogen (secondary N) is 2. The molecule has 1 aliphatic rings. The van der Waals surface area contributed by atoms with Crippen LogP contribution >= 0.6 is 35.3 Å². The first-order valence-electron chi connectivity index (χ1n) is 9.58. The summed E-state index contributed by atoms with van der Waals surface area (Å²) in [6.45, 7) is 6.37. The van der Waals surface area contributed by atoms with Crippen molar-refractivity contribution in [2.75, 3.05) is 20.1 Å². The van der Waals surface area contributed by atoms with Gasteiger partial charge in [-0.05, 0) is 37.0 Å². The van der Waals surface area contributed by atoms with E-state index in [4.69, 9.17) is 0 Å². The molecule has 1 aliphatic heterocycles. The van der Waals surface area contributed by atoms with Crippen molar-refractivity contribution in [3.63, 3.8) is 0 Å². The van der Waals surface area contributed by atoms with Crippen molar-refractivity contribution in [2.24, 2.45) is 4.99 Å². The second-order valence-corrected chi connectivity index (χ2v) is 8.08. The van der Waals surface area contributed by atoms with Crippen molar-refractivity contribution in [3.8, 4) is 0 Å². The van der Waals surface area contributed by atoms with Crippen molar-refractivity contribution in [1.82, 2.24) is 15.5 Å². The number of halogens is 1. The number of rotatable bonds is 6. The summed E-state index contributed by atoms with van der Waals surface area (Å²) in [5, 5.41) is 7.06. The van der Waals surface area contributed by atoms with Gasteiger partial charge < -0.3 is 10.6 Å². The molecule has 148 valence electrons. The molecular weight excluding hydrogens is 467 g/mol. The monoisotopic (exact) mass is 498 g/mol. The molecule has 6 heteroatoms. The van der Waals surface area contributed by atoms with E-state index in [-0.39, 0.29) is 24.0 Å². The Morgan fingerprint density at radius 2 is 1.81 bits per heavy atom. The molecule has 0 atom stereocenters. The van der Waals surface area contributed by atoms with Gasteiger partial charge in [-0.3, -0.25) is 9.89 Å². The number of likely N-dealkylation sites (tertiary alicyclic amines) is 1. The van der Waals surface area contributed by atoms with Crippen LogP contribution in [-0.2, 0) is 19.5 Å². The molecule has 1 fully saturated rings. The summed E-state index contributed by atoms with van der Waals surface area (Å²) in [5.74, 6) is 0.915. The minimum Gasteiger partial charge on any atom is -0.354 e. The molecule has 1 aromatic carbocycles. The summed E-state index contributed by atoms with van der Waals surface area (Å²) in [7, 11) is 1.85. The highest BCUT2D eigenvalue weighted by Crippen LogP contribution is 2.17. The first-order valence-corrected chi connectivity index (χ1v) is 10.4. The molecule has 27 heavy (non-hydrogen) atoms. The van der Waals surface area contributed by atoms with E-state index in [0.717, 1.165) is 51.4 Å². The normalized spacial score (nSPS) is 16.0. The number of hydrogen-bond acceptors (Lipinski definition) is 3. The highest BCUT2D eigenvalue weighted by molar-refractivity contribution is 14.0. The average molecular weight is 498 g/mol. The van der Waals surface area contributed by atoms with Gasteiger partial charge in [-0.2, -0.15) is 0 Å². The highest BCUT2D eigenvalue weighted by Gasteiger charge is 2.20. The zero-order chi connectivity index (χ0) is 18.2. The lowest BCUT2D eigenvalue weighted by Gasteiger charge is -2.33. The van der Waals surface area contributed by atoms with Crippen molar-refractivity contribution in [1.29, 1.82) is 0 Å². The van der Waals surface area contributed by atoms with Crippen LogP contribution < -0.4 is 10.6 Å². The fourth-order valence-corrected chi connectivity index (χ4v) is 4.24. The van der Waals surface area contributed by atoms with E-state index in [0.29, 0.717) is 6.04 Å². The average Bonchev–Trinajstić information content (AvgIpc) is 3.15.